The van der Waals surface area contributed by atoms with Gasteiger partial charge in [0, 0.05) is 37.0 Å². The van der Waals surface area contributed by atoms with E-state index in [2.05, 4.69) is 5.32 Å². The summed E-state index contributed by atoms with van der Waals surface area (Å²) in [6.45, 7) is 4.05. The van der Waals surface area contributed by atoms with Gasteiger partial charge in [-0.3, -0.25) is 9.59 Å². The minimum Gasteiger partial charge on any atom is -0.351 e. The van der Waals surface area contributed by atoms with Crippen LogP contribution in [0.2, 0.25) is 0 Å². The zero-order valence-corrected chi connectivity index (χ0v) is 16.6. The number of amides is 2. The molecular formula is C24H25N3O2. The number of benzene rings is 2. The average molecular weight is 387 g/mol. The Bertz CT molecular complexity index is 1040. The highest BCUT2D eigenvalue weighted by Gasteiger charge is 2.18. The molecule has 1 aliphatic heterocycles. The van der Waals surface area contributed by atoms with E-state index in [-0.39, 0.29) is 11.8 Å². The van der Waals surface area contributed by atoms with Crippen LogP contribution in [0.5, 0.6) is 0 Å². The molecule has 1 fully saturated rings. The molecule has 1 aromatic heterocycles. The number of pyridine rings is 1. The lowest BCUT2D eigenvalue weighted by Gasteiger charge is -2.15. The Balaban J connectivity index is 1.55. The van der Waals surface area contributed by atoms with Gasteiger partial charge in [-0.2, -0.15) is 0 Å². The SMILES string of the molecule is Cc1ccc(-c2cc(C(=O)NCCC(=O)N3CCCC3)c3ccccc3n2)cc1. The molecule has 0 radical (unpaired) electrons. The van der Waals surface area contributed by atoms with Crippen molar-refractivity contribution in [1.29, 1.82) is 0 Å². The first kappa shape index (κ1) is 19.1. The van der Waals surface area contributed by atoms with Crippen molar-refractivity contribution in [3.8, 4) is 11.3 Å². The van der Waals surface area contributed by atoms with E-state index < -0.39 is 0 Å². The zero-order chi connectivity index (χ0) is 20.2. The first-order valence-electron chi connectivity index (χ1n) is 10.1. The quantitative estimate of drug-likeness (QED) is 0.721. The van der Waals surface area contributed by atoms with E-state index in [1.165, 1.54) is 5.56 Å². The van der Waals surface area contributed by atoms with Crippen molar-refractivity contribution < 1.29 is 9.59 Å². The molecule has 5 heteroatoms. The third-order valence-corrected chi connectivity index (χ3v) is 5.39. The molecule has 2 amide bonds. The summed E-state index contributed by atoms with van der Waals surface area (Å²) in [5.74, 6) is -0.0612. The Morgan fingerprint density at radius 3 is 2.52 bits per heavy atom. The van der Waals surface area contributed by atoms with Crippen LogP contribution < -0.4 is 5.32 Å². The van der Waals surface area contributed by atoms with E-state index in [4.69, 9.17) is 4.98 Å². The molecule has 0 atom stereocenters. The molecule has 3 aromatic rings. The molecule has 29 heavy (non-hydrogen) atoms. The van der Waals surface area contributed by atoms with Crippen LogP contribution in [-0.2, 0) is 4.79 Å². The molecule has 5 nitrogen and oxygen atoms in total. The summed E-state index contributed by atoms with van der Waals surface area (Å²) in [7, 11) is 0. The lowest BCUT2D eigenvalue weighted by atomic mass is 10.0. The van der Waals surface area contributed by atoms with Crippen LogP contribution in [0.3, 0.4) is 0 Å². The monoisotopic (exact) mass is 387 g/mol. The number of nitrogens with zero attached hydrogens (tertiary/aromatic N) is 2. The van der Waals surface area contributed by atoms with Crippen LogP contribution in [0.15, 0.2) is 54.6 Å². The molecule has 0 spiro atoms. The predicted molar refractivity (Wildman–Crippen MR) is 115 cm³/mol. The number of carbonyl (C=O) groups is 2. The number of aryl methyl sites for hydroxylation is 1. The minimum atomic E-state index is -0.175. The van der Waals surface area contributed by atoms with Crippen LogP contribution in [0, 0.1) is 6.92 Å². The summed E-state index contributed by atoms with van der Waals surface area (Å²) >= 11 is 0. The number of nitrogens with one attached hydrogen (secondary N) is 1. The Hall–Kier alpha value is -3.21. The molecule has 1 saturated heterocycles. The number of rotatable bonds is 5. The summed E-state index contributed by atoms with van der Waals surface area (Å²) in [5.41, 5.74) is 4.28. The van der Waals surface area contributed by atoms with Crippen LogP contribution in [-0.4, -0.2) is 41.3 Å². The Morgan fingerprint density at radius 1 is 1.03 bits per heavy atom. The number of likely N-dealkylation sites (tertiary alicyclic amines) is 1. The molecule has 0 saturated carbocycles. The molecule has 2 aromatic carbocycles. The lowest BCUT2D eigenvalue weighted by Crippen LogP contribution is -2.32. The largest absolute Gasteiger partial charge is 0.351 e. The number of hydrogen-bond donors (Lipinski definition) is 1. The van der Waals surface area contributed by atoms with Gasteiger partial charge in [0.15, 0.2) is 0 Å². The van der Waals surface area contributed by atoms with Crippen LogP contribution in [0.4, 0.5) is 0 Å². The van der Waals surface area contributed by atoms with Crippen molar-refractivity contribution in [1.82, 2.24) is 15.2 Å². The molecule has 0 bridgehead atoms. The van der Waals surface area contributed by atoms with Crippen molar-refractivity contribution in [2.75, 3.05) is 19.6 Å². The number of fused-ring (bicyclic) bond motifs is 1. The fraction of sp³-hybridized carbons (Fsp3) is 0.292. The summed E-state index contributed by atoms with van der Waals surface area (Å²) < 4.78 is 0. The van der Waals surface area contributed by atoms with Gasteiger partial charge in [0.1, 0.15) is 0 Å². The van der Waals surface area contributed by atoms with Gasteiger partial charge in [0.05, 0.1) is 16.8 Å². The van der Waals surface area contributed by atoms with E-state index in [9.17, 15) is 9.59 Å². The summed E-state index contributed by atoms with van der Waals surface area (Å²) in [6.07, 6.45) is 2.48. The topological polar surface area (TPSA) is 62.3 Å². The number of hydrogen-bond acceptors (Lipinski definition) is 3. The Kier molecular flexibility index (Phi) is 5.56. The maximum atomic E-state index is 12.9. The van der Waals surface area contributed by atoms with Crippen molar-refractivity contribution in [2.45, 2.75) is 26.2 Å². The standard InChI is InChI=1S/C24H25N3O2/c1-17-8-10-18(11-9-17)22-16-20(19-6-2-3-7-21(19)26-22)24(29)25-13-12-23(28)27-14-4-5-15-27/h2-3,6-11,16H,4-5,12-15H2,1H3,(H,25,29). The molecular weight excluding hydrogens is 362 g/mol. The fourth-order valence-electron chi connectivity index (χ4n) is 3.74. The fourth-order valence-corrected chi connectivity index (χ4v) is 3.74. The van der Waals surface area contributed by atoms with Crippen molar-refractivity contribution in [3.05, 3.63) is 65.7 Å². The van der Waals surface area contributed by atoms with Gasteiger partial charge < -0.3 is 10.2 Å². The minimum absolute atomic E-state index is 0.114. The highest BCUT2D eigenvalue weighted by atomic mass is 16.2. The van der Waals surface area contributed by atoms with Gasteiger partial charge in [-0.15, -0.1) is 0 Å². The van der Waals surface area contributed by atoms with Crippen LogP contribution in [0.1, 0.15) is 35.2 Å². The maximum absolute atomic E-state index is 12.9. The van der Waals surface area contributed by atoms with E-state index in [0.29, 0.717) is 18.5 Å². The van der Waals surface area contributed by atoms with Crippen molar-refractivity contribution in [2.24, 2.45) is 0 Å². The Labute approximate surface area is 170 Å². The Morgan fingerprint density at radius 2 is 1.76 bits per heavy atom. The third kappa shape index (κ3) is 4.29. The zero-order valence-electron chi connectivity index (χ0n) is 16.6. The van der Waals surface area contributed by atoms with Crippen molar-refractivity contribution >= 4 is 22.7 Å². The van der Waals surface area contributed by atoms with Crippen molar-refractivity contribution in [3.63, 3.8) is 0 Å². The van der Waals surface area contributed by atoms with E-state index >= 15 is 0 Å². The van der Waals surface area contributed by atoms with Crippen LogP contribution in [0.25, 0.3) is 22.2 Å². The molecule has 2 heterocycles. The lowest BCUT2D eigenvalue weighted by molar-refractivity contribution is -0.129. The first-order chi connectivity index (χ1) is 14.1. The summed E-state index contributed by atoms with van der Waals surface area (Å²) in [6, 6.07) is 17.6. The molecule has 0 aliphatic carbocycles. The van der Waals surface area contributed by atoms with Gasteiger partial charge in [0.25, 0.3) is 5.91 Å². The second-order valence-electron chi connectivity index (χ2n) is 7.53. The summed E-state index contributed by atoms with van der Waals surface area (Å²) in [4.78, 5) is 31.8. The molecule has 0 unspecified atom stereocenters. The highest BCUT2D eigenvalue weighted by molar-refractivity contribution is 6.07. The highest BCUT2D eigenvalue weighted by Crippen LogP contribution is 2.25. The predicted octanol–water partition coefficient (Wildman–Crippen LogP) is 3.95. The van der Waals surface area contributed by atoms with Gasteiger partial charge in [-0.1, -0.05) is 48.0 Å². The van der Waals surface area contributed by atoms with E-state index in [1.54, 1.807) is 0 Å². The van der Waals surface area contributed by atoms with E-state index in [0.717, 1.165) is 48.1 Å². The van der Waals surface area contributed by atoms with Gasteiger partial charge in [0.2, 0.25) is 5.91 Å². The second kappa shape index (κ2) is 8.43. The third-order valence-electron chi connectivity index (χ3n) is 5.39. The normalized spacial score (nSPS) is 13.6. The molecule has 4 rings (SSSR count). The number of para-hydroxylation sites is 1. The van der Waals surface area contributed by atoms with Gasteiger partial charge in [-0.25, -0.2) is 4.98 Å². The van der Waals surface area contributed by atoms with E-state index in [1.807, 2.05) is 66.4 Å². The number of carbonyl (C=O) groups excluding carboxylic acids is 2. The van der Waals surface area contributed by atoms with Gasteiger partial charge in [-0.05, 0) is 31.9 Å². The first-order valence-corrected chi connectivity index (χ1v) is 10.1. The van der Waals surface area contributed by atoms with Crippen LogP contribution >= 0.6 is 0 Å². The number of aromatic nitrogens is 1. The average Bonchev–Trinajstić information content (AvgIpc) is 3.28. The summed E-state index contributed by atoms with van der Waals surface area (Å²) in [5, 5.41) is 3.73. The molecule has 1 aliphatic rings. The second-order valence-corrected chi connectivity index (χ2v) is 7.53. The molecule has 148 valence electrons. The van der Waals surface area contributed by atoms with Gasteiger partial charge >= 0.3 is 0 Å². The smallest absolute Gasteiger partial charge is 0.252 e. The maximum Gasteiger partial charge on any atom is 0.252 e. The molecule has 1 N–H and O–H groups in total.